The Morgan fingerprint density at radius 2 is 2.00 bits per heavy atom. The lowest BCUT2D eigenvalue weighted by Gasteiger charge is -2.11. The van der Waals surface area contributed by atoms with Crippen LogP contribution in [0.25, 0.3) is 11.5 Å². The van der Waals surface area contributed by atoms with Gasteiger partial charge in [0.15, 0.2) is 17.3 Å². The van der Waals surface area contributed by atoms with Crippen molar-refractivity contribution in [3.05, 3.63) is 53.9 Å². The van der Waals surface area contributed by atoms with E-state index in [1.54, 1.807) is 36.4 Å². The molecule has 0 aliphatic heterocycles. The molecule has 0 amide bonds. The summed E-state index contributed by atoms with van der Waals surface area (Å²) in [7, 11) is 2.96. The molecular formula is C17H15NO6. The van der Waals surface area contributed by atoms with E-state index in [1.165, 1.54) is 20.5 Å². The van der Waals surface area contributed by atoms with Gasteiger partial charge in [-0.1, -0.05) is 11.2 Å². The molecule has 0 radical (unpaired) electrons. The Labute approximate surface area is 137 Å². The second-order valence-electron chi connectivity index (χ2n) is 4.78. The van der Waals surface area contributed by atoms with Crippen LogP contribution in [0.15, 0.2) is 51.6 Å². The summed E-state index contributed by atoms with van der Waals surface area (Å²) in [6.45, 7) is -0.0383. The molecule has 3 aromatic rings. The minimum Gasteiger partial charge on any atom is -0.493 e. The molecule has 2 aromatic heterocycles. The van der Waals surface area contributed by atoms with Gasteiger partial charge in [-0.2, -0.15) is 0 Å². The number of hydrogen-bond acceptors (Lipinski definition) is 7. The Balaban J connectivity index is 1.70. The Hall–Kier alpha value is -3.22. The van der Waals surface area contributed by atoms with Gasteiger partial charge in [-0.25, -0.2) is 4.79 Å². The number of nitrogens with zero attached hydrogens (tertiary/aromatic N) is 1. The molecule has 1 aromatic carbocycles. The number of benzene rings is 1. The zero-order valence-electron chi connectivity index (χ0n) is 13.1. The topological polar surface area (TPSA) is 83.9 Å². The third-order valence-electron chi connectivity index (χ3n) is 3.30. The maximum atomic E-state index is 12.3. The average Bonchev–Trinajstić information content (AvgIpc) is 3.29. The fourth-order valence-electron chi connectivity index (χ4n) is 2.18. The molecule has 7 heteroatoms. The van der Waals surface area contributed by atoms with Crippen LogP contribution in [-0.2, 0) is 11.3 Å². The minimum absolute atomic E-state index is 0.0383. The predicted octanol–water partition coefficient (Wildman–Crippen LogP) is 3.31. The minimum atomic E-state index is -0.548. The summed E-state index contributed by atoms with van der Waals surface area (Å²) >= 11 is 0. The number of carbonyl (C=O) groups excluding carboxylic acids is 1. The fraction of sp³-hybridized carbons (Fsp3) is 0.176. The summed E-state index contributed by atoms with van der Waals surface area (Å²) < 4.78 is 26.0. The normalized spacial score (nSPS) is 10.4. The van der Waals surface area contributed by atoms with Crippen molar-refractivity contribution in [2.45, 2.75) is 6.61 Å². The van der Waals surface area contributed by atoms with E-state index in [9.17, 15) is 4.79 Å². The van der Waals surface area contributed by atoms with E-state index in [-0.39, 0.29) is 12.2 Å². The standard InChI is InChI=1S/C17H15NO6/c1-20-14-6-3-5-12(16(14)21-2)17(19)23-10-11-9-15(24-18-11)13-7-4-8-22-13/h3-9H,10H2,1-2H3. The Bertz CT molecular complexity index is 821. The van der Waals surface area contributed by atoms with Gasteiger partial charge in [0.2, 0.25) is 5.76 Å². The number of methoxy groups -OCH3 is 2. The lowest BCUT2D eigenvalue weighted by Crippen LogP contribution is -2.08. The second-order valence-corrected chi connectivity index (χ2v) is 4.78. The Kier molecular flexibility index (Phi) is 4.51. The average molecular weight is 329 g/mol. The molecule has 0 atom stereocenters. The van der Waals surface area contributed by atoms with Crippen LogP contribution in [0.3, 0.4) is 0 Å². The molecule has 0 saturated heterocycles. The van der Waals surface area contributed by atoms with E-state index in [0.717, 1.165) is 0 Å². The molecule has 0 aliphatic carbocycles. The lowest BCUT2D eigenvalue weighted by atomic mass is 10.2. The highest BCUT2D eigenvalue weighted by atomic mass is 16.5. The van der Waals surface area contributed by atoms with Crippen molar-refractivity contribution in [3.8, 4) is 23.0 Å². The summed E-state index contributed by atoms with van der Waals surface area (Å²) in [5.41, 5.74) is 0.739. The van der Waals surface area contributed by atoms with Gasteiger partial charge in [0, 0.05) is 6.07 Å². The number of hydrogen-bond donors (Lipinski definition) is 0. The van der Waals surface area contributed by atoms with Gasteiger partial charge in [-0.05, 0) is 24.3 Å². The number of furan rings is 1. The van der Waals surface area contributed by atoms with Gasteiger partial charge < -0.3 is 23.2 Å². The van der Waals surface area contributed by atoms with E-state index in [2.05, 4.69) is 5.16 Å². The molecule has 0 bridgehead atoms. The smallest absolute Gasteiger partial charge is 0.342 e. The van der Waals surface area contributed by atoms with Crippen LogP contribution in [0, 0.1) is 0 Å². The van der Waals surface area contributed by atoms with E-state index in [4.69, 9.17) is 23.2 Å². The first-order valence-corrected chi connectivity index (χ1v) is 7.10. The van der Waals surface area contributed by atoms with Gasteiger partial charge in [0.1, 0.15) is 17.9 Å². The van der Waals surface area contributed by atoms with Gasteiger partial charge in [0.05, 0.1) is 20.5 Å². The quantitative estimate of drug-likeness (QED) is 0.641. The summed E-state index contributed by atoms with van der Waals surface area (Å²) in [6.07, 6.45) is 1.53. The molecule has 7 nitrogen and oxygen atoms in total. The van der Waals surface area contributed by atoms with Crippen molar-refractivity contribution in [3.63, 3.8) is 0 Å². The van der Waals surface area contributed by atoms with Crippen molar-refractivity contribution in [1.29, 1.82) is 0 Å². The highest BCUT2D eigenvalue weighted by Gasteiger charge is 2.18. The highest BCUT2D eigenvalue weighted by Crippen LogP contribution is 2.31. The lowest BCUT2D eigenvalue weighted by molar-refractivity contribution is 0.0460. The maximum Gasteiger partial charge on any atom is 0.342 e. The van der Waals surface area contributed by atoms with Crippen LogP contribution in [-0.4, -0.2) is 25.3 Å². The maximum absolute atomic E-state index is 12.3. The Morgan fingerprint density at radius 3 is 2.71 bits per heavy atom. The zero-order valence-corrected chi connectivity index (χ0v) is 13.1. The Morgan fingerprint density at radius 1 is 1.12 bits per heavy atom. The molecular weight excluding hydrogens is 314 g/mol. The third kappa shape index (κ3) is 3.10. The molecule has 0 spiro atoms. The van der Waals surface area contributed by atoms with Gasteiger partial charge in [-0.15, -0.1) is 0 Å². The molecule has 0 aliphatic rings. The zero-order chi connectivity index (χ0) is 16.9. The molecule has 0 saturated carbocycles. The van der Waals surface area contributed by atoms with E-state index in [1.807, 2.05) is 0 Å². The summed E-state index contributed by atoms with van der Waals surface area (Å²) in [5, 5.41) is 3.85. The van der Waals surface area contributed by atoms with Crippen LogP contribution in [0.2, 0.25) is 0 Å². The first-order chi connectivity index (χ1) is 11.7. The summed E-state index contributed by atoms with van der Waals surface area (Å²) in [5.74, 6) is 1.24. The van der Waals surface area contributed by atoms with Crippen LogP contribution < -0.4 is 9.47 Å². The van der Waals surface area contributed by atoms with Crippen molar-refractivity contribution < 1.29 is 27.9 Å². The van der Waals surface area contributed by atoms with Gasteiger partial charge in [-0.3, -0.25) is 0 Å². The van der Waals surface area contributed by atoms with Crippen LogP contribution >= 0.6 is 0 Å². The van der Waals surface area contributed by atoms with Gasteiger partial charge in [0.25, 0.3) is 0 Å². The molecule has 2 heterocycles. The summed E-state index contributed by atoms with van der Waals surface area (Å²) in [4.78, 5) is 12.3. The number of carbonyl (C=O) groups is 1. The molecule has 24 heavy (non-hydrogen) atoms. The van der Waals surface area contributed by atoms with E-state index in [0.29, 0.717) is 28.7 Å². The SMILES string of the molecule is COc1cccc(C(=O)OCc2cc(-c3ccco3)on2)c1OC. The van der Waals surface area contributed by atoms with Crippen molar-refractivity contribution in [1.82, 2.24) is 5.16 Å². The van der Waals surface area contributed by atoms with Crippen LogP contribution in [0.5, 0.6) is 11.5 Å². The molecule has 0 N–H and O–H groups in total. The number of rotatable bonds is 6. The monoisotopic (exact) mass is 329 g/mol. The fourth-order valence-corrected chi connectivity index (χ4v) is 2.18. The number of para-hydroxylation sites is 1. The van der Waals surface area contributed by atoms with Crippen LogP contribution in [0.4, 0.5) is 0 Å². The highest BCUT2D eigenvalue weighted by molar-refractivity contribution is 5.93. The first kappa shape index (κ1) is 15.7. The number of esters is 1. The molecule has 124 valence electrons. The molecule has 0 fully saturated rings. The van der Waals surface area contributed by atoms with E-state index >= 15 is 0 Å². The largest absolute Gasteiger partial charge is 0.493 e. The van der Waals surface area contributed by atoms with Crippen LogP contribution in [0.1, 0.15) is 16.1 Å². The molecule has 0 unspecified atom stereocenters. The predicted molar refractivity (Wildman–Crippen MR) is 82.9 cm³/mol. The summed E-state index contributed by atoms with van der Waals surface area (Å²) in [6, 6.07) is 10.1. The first-order valence-electron chi connectivity index (χ1n) is 7.10. The van der Waals surface area contributed by atoms with Crippen molar-refractivity contribution in [2.75, 3.05) is 14.2 Å². The van der Waals surface area contributed by atoms with Crippen molar-refractivity contribution >= 4 is 5.97 Å². The van der Waals surface area contributed by atoms with Gasteiger partial charge >= 0.3 is 5.97 Å². The molecule has 3 rings (SSSR count). The second kappa shape index (κ2) is 6.91. The number of aromatic nitrogens is 1. The third-order valence-corrected chi connectivity index (χ3v) is 3.30. The number of ether oxygens (including phenoxy) is 3. The van der Waals surface area contributed by atoms with Crippen molar-refractivity contribution in [2.24, 2.45) is 0 Å². The van der Waals surface area contributed by atoms with E-state index < -0.39 is 5.97 Å².